The Bertz CT molecular complexity index is 386. The fourth-order valence-electron chi connectivity index (χ4n) is 2.13. The minimum Gasteiger partial charge on any atom is -0.367 e. The number of anilines is 1. The number of halogens is 1. The van der Waals surface area contributed by atoms with Crippen molar-refractivity contribution < 1.29 is 0 Å². The van der Waals surface area contributed by atoms with Gasteiger partial charge in [0, 0.05) is 19.1 Å². The lowest BCUT2D eigenvalue weighted by molar-refractivity contribution is 0.607. The first kappa shape index (κ1) is 12.7. The molecule has 1 fully saturated rings. The molecule has 1 saturated carbocycles. The summed E-state index contributed by atoms with van der Waals surface area (Å²) in [5, 5.41) is 0.834. The molecule has 0 unspecified atom stereocenters. The second kappa shape index (κ2) is 5.28. The molecule has 0 atom stereocenters. The van der Waals surface area contributed by atoms with E-state index in [1.54, 1.807) is 0 Å². The van der Waals surface area contributed by atoms with E-state index in [0.29, 0.717) is 18.5 Å². The molecule has 0 aliphatic heterocycles. The van der Waals surface area contributed by atoms with Crippen molar-refractivity contribution in [2.75, 3.05) is 11.4 Å². The second-order valence-electron chi connectivity index (χ2n) is 5.27. The van der Waals surface area contributed by atoms with Crippen LogP contribution in [0, 0.1) is 5.92 Å². The molecule has 0 heterocycles. The van der Waals surface area contributed by atoms with Crippen molar-refractivity contribution in [1.29, 1.82) is 0 Å². The van der Waals surface area contributed by atoms with Crippen LogP contribution in [-0.2, 0) is 6.54 Å². The Balaban J connectivity index is 2.23. The molecule has 2 nitrogen and oxygen atoms in total. The lowest BCUT2D eigenvalue weighted by Gasteiger charge is -2.27. The fraction of sp³-hybridized carbons (Fsp3) is 0.571. The van der Waals surface area contributed by atoms with Crippen molar-refractivity contribution in [3.8, 4) is 0 Å². The Hall–Kier alpha value is -0.730. The molecule has 1 aliphatic rings. The molecule has 0 radical (unpaired) electrons. The zero-order valence-corrected chi connectivity index (χ0v) is 11.4. The first-order valence-corrected chi connectivity index (χ1v) is 6.74. The maximum atomic E-state index is 6.36. The average Bonchev–Trinajstić information content (AvgIpc) is 3.09. The first-order chi connectivity index (χ1) is 8.11. The molecule has 0 amide bonds. The number of nitrogens with zero attached hydrogens (tertiary/aromatic N) is 1. The fourth-order valence-corrected chi connectivity index (χ4v) is 2.45. The van der Waals surface area contributed by atoms with Crippen LogP contribution in [0.3, 0.4) is 0 Å². The lowest BCUT2D eigenvalue weighted by Crippen LogP contribution is -2.30. The van der Waals surface area contributed by atoms with Crippen LogP contribution < -0.4 is 10.6 Å². The summed E-state index contributed by atoms with van der Waals surface area (Å²) in [6.07, 6.45) is 2.59. The highest BCUT2D eigenvalue weighted by atomic mass is 35.5. The molecule has 0 aromatic heterocycles. The van der Waals surface area contributed by atoms with Gasteiger partial charge in [-0.15, -0.1) is 0 Å². The third-order valence-electron chi connectivity index (χ3n) is 3.11. The first-order valence-electron chi connectivity index (χ1n) is 6.37. The normalized spacial score (nSPS) is 15.4. The Labute approximate surface area is 109 Å². The predicted molar refractivity (Wildman–Crippen MR) is 74.5 cm³/mol. The summed E-state index contributed by atoms with van der Waals surface area (Å²) >= 11 is 6.36. The lowest BCUT2D eigenvalue weighted by atomic mass is 10.1. The van der Waals surface area contributed by atoms with Gasteiger partial charge >= 0.3 is 0 Å². The highest BCUT2D eigenvalue weighted by molar-refractivity contribution is 6.33. The van der Waals surface area contributed by atoms with Crippen molar-refractivity contribution in [3.05, 3.63) is 28.8 Å². The van der Waals surface area contributed by atoms with E-state index in [1.807, 2.05) is 6.07 Å². The Morgan fingerprint density at radius 3 is 2.59 bits per heavy atom. The molecule has 2 rings (SSSR count). The number of benzene rings is 1. The Morgan fingerprint density at radius 2 is 2.12 bits per heavy atom. The molecular formula is C14H21ClN2. The highest BCUT2D eigenvalue weighted by Gasteiger charge is 2.30. The molecule has 1 aromatic carbocycles. The molecular weight excluding hydrogens is 232 g/mol. The van der Waals surface area contributed by atoms with Gasteiger partial charge in [0.15, 0.2) is 0 Å². The van der Waals surface area contributed by atoms with Gasteiger partial charge < -0.3 is 10.6 Å². The van der Waals surface area contributed by atoms with Crippen molar-refractivity contribution in [2.45, 2.75) is 39.3 Å². The second-order valence-corrected chi connectivity index (χ2v) is 5.67. The molecule has 17 heavy (non-hydrogen) atoms. The zero-order valence-electron chi connectivity index (χ0n) is 10.6. The van der Waals surface area contributed by atoms with Gasteiger partial charge in [0.25, 0.3) is 0 Å². The quantitative estimate of drug-likeness (QED) is 0.870. The maximum Gasteiger partial charge on any atom is 0.0642 e. The molecule has 1 aromatic rings. The van der Waals surface area contributed by atoms with Crippen LogP contribution in [0.4, 0.5) is 5.69 Å². The zero-order chi connectivity index (χ0) is 12.4. The van der Waals surface area contributed by atoms with Crippen LogP contribution in [0.1, 0.15) is 32.3 Å². The van der Waals surface area contributed by atoms with E-state index in [4.69, 9.17) is 17.3 Å². The third-order valence-corrected chi connectivity index (χ3v) is 3.41. The topological polar surface area (TPSA) is 29.3 Å². The monoisotopic (exact) mass is 252 g/mol. The minimum atomic E-state index is 0.549. The van der Waals surface area contributed by atoms with Gasteiger partial charge in [-0.25, -0.2) is 0 Å². The van der Waals surface area contributed by atoms with E-state index < -0.39 is 0 Å². The van der Waals surface area contributed by atoms with Gasteiger partial charge in [-0.1, -0.05) is 31.5 Å². The van der Waals surface area contributed by atoms with Crippen molar-refractivity contribution in [3.63, 3.8) is 0 Å². The molecule has 0 bridgehead atoms. The van der Waals surface area contributed by atoms with E-state index in [2.05, 4.69) is 30.9 Å². The van der Waals surface area contributed by atoms with Crippen LogP contribution in [0.15, 0.2) is 18.2 Å². The van der Waals surface area contributed by atoms with Gasteiger partial charge in [-0.3, -0.25) is 0 Å². The smallest absolute Gasteiger partial charge is 0.0642 e. The van der Waals surface area contributed by atoms with Gasteiger partial charge in [0.2, 0.25) is 0 Å². The largest absolute Gasteiger partial charge is 0.367 e. The number of rotatable bonds is 5. The molecule has 1 aliphatic carbocycles. The summed E-state index contributed by atoms with van der Waals surface area (Å²) < 4.78 is 0. The van der Waals surface area contributed by atoms with Crippen LogP contribution in [0.25, 0.3) is 0 Å². The third kappa shape index (κ3) is 3.14. The molecule has 2 N–H and O–H groups in total. The van der Waals surface area contributed by atoms with Crippen LogP contribution in [-0.4, -0.2) is 12.6 Å². The van der Waals surface area contributed by atoms with Crippen molar-refractivity contribution in [1.82, 2.24) is 0 Å². The van der Waals surface area contributed by atoms with Crippen LogP contribution in [0.2, 0.25) is 5.02 Å². The van der Waals surface area contributed by atoms with Crippen molar-refractivity contribution >= 4 is 17.3 Å². The number of hydrogen-bond donors (Lipinski definition) is 1. The average molecular weight is 253 g/mol. The van der Waals surface area contributed by atoms with E-state index in [-0.39, 0.29) is 0 Å². The Morgan fingerprint density at radius 1 is 1.41 bits per heavy atom. The predicted octanol–water partition coefficient (Wildman–Crippen LogP) is 3.42. The van der Waals surface area contributed by atoms with Gasteiger partial charge in [0.1, 0.15) is 0 Å². The van der Waals surface area contributed by atoms with Crippen LogP contribution >= 0.6 is 11.6 Å². The Kier molecular flexibility index (Phi) is 3.95. The minimum absolute atomic E-state index is 0.549. The van der Waals surface area contributed by atoms with Gasteiger partial charge in [-0.2, -0.15) is 0 Å². The molecule has 0 spiro atoms. The van der Waals surface area contributed by atoms with E-state index >= 15 is 0 Å². The standard InChI is InChI=1S/C14H21ClN2/c1-10(2)9-17(12-4-5-12)14-6-3-11(8-16)7-13(14)15/h3,6-7,10,12H,4-5,8-9,16H2,1-2H3. The van der Waals surface area contributed by atoms with E-state index in [9.17, 15) is 0 Å². The summed E-state index contributed by atoms with van der Waals surface area (Å²) in [7, 11) is 0. The van der Waals surface area contributed by atoms with Gasteiger partial charge in [-0.05, 0) is 36.5 Å². The van der Waals surface area contributed by atoms with Crippen LogP contribution in [0.5, 0.6) is 0 Å². The highest BCUT2D eigenvalue weighted by Crippen LogP contribution is 2.36. The SMILES string of the molecule is CC(C)CN(c1ccc(CN)cc1Cl)C1CC1. The maximum absolute atomic E-state index is 6.36. The summed E-state index contributed by atoms with van der Waals surface area (Å²) in [6.45, 7) is 6.12. The molecule has 94 valence electrons. The molecule has 3 heteroatoms. The molecule has 0 saturated heterocycles. The number of nitrogens with two attached hydrogens (primary N) is 1. The van der Waals surface area contributed by atoms with E-state index in [0.717, 1.165) is 17.1 Å². The van der Waals surface area contributed by atoms with Crippen molar-refractivity contribution in [2.24, 2.45) is 11.7 Å². The summed E-state index contributed by atoms with van der Waals surface area (Å²) in [5.74, 6) is 0.654. The summed E-state index contributed by atoms with van der Waals surface area (Å²) in [6, 6.07) is 6.88. The summed E-state index contributed by atoms with van der Waals surface area (Å²) in [4.78, 5) is 2.45. The van der Waals surface area contributed by atoms with E-state index in [1.165, 1.54) is 18.5 Å². The van der Waals surface area contributed by atoms with Gasteiger partial charge in [0.05, 0.1) is 10.7 Å². The number of hydrogen-bond acceptors (Lipinski definition) is 2. The summed E-state index contributed by atoms with van der Waals surface area (Å²) in [5.41, 5.74) is 7.89.